The molecule has 1 amide bonds. The number of aliphatic carboxylic acids is 1. The zero-order valence-electron chi connectivity index (χ0n) is 23.7. The van der Waals surface area contributed by atoms with Crippen LogP contribution in [0.25, 0.3) is 0 Å². The van der Waals surface area contributed by atoms with Crippen LogP contribution in [0.2, 0.25) is 0 Å². The molecule has 0 bridgehead atoms. The van der Waals surface area contributed by atoms with E-state index in [1.165, 1.54) is 16.9 Å². The summed E-state index contributed by atoms with van der Waals surface area (Å²) in [5.74, 6) is -0.345. The Hall–Kier alpha value is -2.38. The van der Waals surface area contributed by atoms with Crippen molar-refractivity contribution < 1.29 is 24.5 Å². The number of aliphatic hydroxyl groups is 1. The molecule has 206 valence electrons. The topological polar surface area (TPSA) is 95.9 Å². The van der Waals surface area contributed by atoms with Crippen molar-refractivity contribution in [2.75, 3.05) is 6.61 Å². The number of carbonyl (C=O) groups excluding carboxylic acids is 1. The molecule has 0 saturated heterocycles. The maximum Gasteiger partial charge on any atom is 0.326 e. The van der Waals surface area contributed by atoms with Crippen molar-refractivity contribution in [3.05, 3.63) is 50.7 Å². The number of rotatable bonds is 13. The predicted molar refractivity (Wildman–Crippen MR) is 151 cm³/mol. The molecule has 0 aliphatic carbocycles. The highest BCUT2D eigenvalue weighted by atomic mass is 32.1. The number of thiophene rings is 1. The first-order valence-electron chi connectivity index (χ1n) is 13.3. The van der Waals surface area contributed by atoms with Crippen molar-refractivity contribution in [3.63, 3.8) is 0 Å². The Kier molecular flexibility index (Phi) is 11.2. The summed E-state index contributed by atoms with van der Waals surface area (Å²) >= 11 is 1.48. The molecular weight excluding hydrogens is 486 g/mol. The average Bonchev–Trinajstić information content (AvgIpc) is 3.22. The van der Waals surface area contributed by atoms with E-state index in [2.05, 4.69) is 30.4 Å². The van der Waals surface area contributed by atoms with Crippen LogP contribution in [-0.4, -0.2) is 40.8 Å². The van der Waals surface area contributed by atoms with Crippen molar-refractivity contribution in [1.82, 2.24) is 5.32 Å². The van der Waals surface area contributed by atoms with Crippen LogP contribution in [0.5, 0.6) is 5.75 Å². The fraction of sp³-hybridized carbons (Fsp3) is 0.600. The van der Waals surface area contributed by atoms with Crippen molar-refractivity contribution in [2.45, 2.75) is 99.1 Å². The van der Waals surface area contributed by atoms with E-state index < -0.39 is 18.1 Å². The van der Waals surface area contributed by atoms with E-state index in [0.29, 0.717) is 17.2 Å². The maximum absolute atomic E-state index is 12.9. The van der Waals surface area contributed by atoms with E-state index in [1.807, 2.05) is 54.5 Å². The molecule has 0 saturated carbocycles. The predicted octanol–water partition coefficient (Wildman–Crippen LogP) is 6.51. The van der Waals surface area contributed by atoms with Crippen LogP contribution in [0.4, 0.5) is 0 Å². The molecule has 0 aliphatic heterocycles. The smallest absolute Gasteiger partial charge is 0.326 e. The van der Waals surface area contributed by atoms with Crippen molar-refractivity contribution in [1.29, 1.82) is 0 Å². The van der Waals surface area contributed by atoms with Gasteiger partial charge in [-0.3, -0.25) is 4.79 Å². The van der Waals surface area contributed by atoms with Gasteiger partial charge in [-0.1, -0.05) is 60.1 Å². The van der Waals surface area contributed by atoms with E-state index in [0.717, 1.165) is 41.0 Å². The van der Waals surface area contributed by atoms with Crippen molar-refractivity contribution in [2.24, 2.45) is 11.3 Å². The maximum atomic E-state index is 12.9. The summed E-state index contributed by atoms with van der Waals surface area (Å²) in [5.41, 5.74) is 2.94. The quantitative estimate of drug-likeness (QED) is 0.274. The van der Waals surface area contributed by atoms with Gasteiger partial charge in [-0.15, -0.1) is 11.3 Å². The fourth-order valence-electron chi connectivity index (χ4n) is 4.16. The molecule has 0 radical (unpaired) electrons. The number of hydrogen-bond acceptors (Lipinski definition) is 5. The van der Waals surface area contributed by atoms with Gasteiger partial charge in [0, 0.05) is 4.88 Å². The van der Waals surface area contributed by atoms with Gasteiger partial charge in [-0.2, -0.15) is 0 Å². The zero-order chi connectivity index (χ0) is 27.9. The standard InChI is InChI=1S/C30H45NO5S/c1-9-18(3)26(29(34)35)31-28(33)27-20(5)16-24(37-27)22(10-2)13-11-21-12-14-23(19(4)15-21)36-17-25(32)30(6,7)8/h12,14-16,18,22,25-26,32H,9-11,13,17H2,1-8H3,(H,31,33)(H,34,35). The Morgan fingerprint density at radius 3 is 2.30 bits per heavy atom. The molecule has 4 atom stereocenters. The first-order chi connectivity index (χ1) is 17.3. The molecule has 1 aromatic carbocycles. The Labute approximate surface area is 226 Å². The van der Waals surface area contributed by atoms with Crippen LogP contribution in [0.3, 0.4) is 0 Å². The van der Waals surface area contributed by atoms with Gasteiger partial charge in [-0.25, -0.2) is 4.79 Å². The summed E-state index contributed by atoms with van der Waals surface area (Å²) in [4.78, 5) is 26.3. The SMILES string of the molecule is CCC(CCc1ccc(OCC(O)C(C)(C)C)c(C)c1)c1cc(C)c(C(=O)NC(C(=O)O)C(C)CC)s1. The van der Waals surface area contributed by atoms with Gasteiger partial charge in [0.15, 0.2) is 0 Å². The average molecular weight is 532 g/mol. The van der Waals surface area contributed by atoms with Gasteiger partial charge in [0.25, 0.3) is 5.91 Å². The molecule has 2 rings (SSSR count). The molecule has 0 spiro atoms. The van der Waals surface area contributed by atoms with Crippen LogP contribution in [0, 0.1) is 25.2 Å². The minimum Gasteiger partial charge on any atom is -0.491 e. The molecule has 6 nitrogen and oxygen atoms in total. The van der Waals surface area contributed by atoms with E-state index >= 15 is 0 Å². The Balaban J connectivity index is 2.05. The Bertz CT molecular complexity index is 1050. The number of amides is 1. The van der Waals surface area contributed by atoms with Gasteiger partial charge in [-0.05, 0) is 79.2 Å². The summed E-state index contributed by atoms with van der Waals surface area (Å²) in [6.07, 6.45) is 2.94. The highest BCUT2D eigenvalue weighted by molar-refractivity contribution is 7.14. The van der Waals surface area contributed by atoms with E-state index in [4.69, 9.17) is 4.74 Å². The molecule has 3 N–H and O–H groups in total. The van der Waals surface area contributed by atoms with Crippen molar-refractivity contribution >= 4 is 23.2 Å². The summed E-state index contributed by atoms with van der Waals surface area (Å²) < 4.78 is 5.88. The van der Waals surface area contributed by atoms with Crippen LogP contribution >= 0.6 is 11.3 Å². The molecule has 37 heavy (non-hydrogen) atoms. The number of carboxylic acids is 1. The lowest BCUT2D eigenvalue weighted by atomic mass is 9.90. The van der Waals surface area contributed by atoms with Crippen LogP contribution in [-0.2, 0) is 11.2 Å². The van der Waals surface area contributed by atoms with Gasteiger partial charge in [0.1, 0.15) is 18.4 Å². The van der Waals surface area contributed by atoms with Crippen molar-refractivity contribution in [3.8, 4) is 5.75 Å². The lowest BCUT2D eigenvalue weighted by molar-refractivity contribution is -0.140. The van der Waals surface area contributed by atoms with Gasteiger partial charge in [0.05, 0.1) is 11.0 Å². The molecule has 2 aromatic rings. The minimum absolute atomic E-state index is 0.145. The molecule has 1 aromatic heterocycles. The summed E-state index contributed by atoms with van der Waals surface area (Å²) in [5, 5.41) is 22.5. The highest BCUT2D eigenvalue weighted by Gasteiger charge is 2.28. The number of ether oxygens (including phenoxy) is 1. The first kappa shape index (κ1) is 30.8. The third-order valence-corrected chi connectivity index (χ3v) is 8.62. The van der Waals surface area contributed by atoms with Crippen LogP contribution < -0.4 is 10.1 Å². The second-order valence-corrected chi connectivity index (χ2v) is 12.4. The first-order valence-corrected chi connectivity index (χ1v) is 14.1. The summed E-state index contributed by atoms with van der Waals surface area (Å²) in [6.45, 7) is 16.1. The number of benzene rings is 1. The Morgan fingerprint density at radius 1 is 1.08 bits per heavy atom. The third kappa shape index (κ3) is 8.57. The Morgan fingerprint density at radius 2 is 1.76 bits per heavy atom. The number of hydrogen-bond donors (Lipinski definition) is 3. The number of aryl methyl sites for hydroxylation is 3. The summed E-state index contributed by atoms with van der Waals surface area (Å²) in [6, 6.07) is 7.39. The minimum atomic E-state index is -0.999. The van der Waals surface area contributed by atoms with Crippen LogP contribution in [0.15, 0.2) is 24.3 Å². The zero-order valence-corrected chi connectivity index (χ0v) is 24.5. The van der Waals surface area contributed by atoms with E-state index in [-0.39, 0.29) is 23.8 Å². The van der Waals surface area contributed by atoms with Gasteiger partial charge < -0.3 is 20.3 Å². The van der Waals surface area contributed by atoms with E-state index in [1.54, 1.807) is 0 Å². The highest BCUT2D eigenvalue weighted by Crippen LogP contribution is 2.34. The lowest BCUT2D eigenvalue weighted by Gasteiger charge is -2.26. The van der Waals surface area contributed by atoms with E-state index in [9.17, 15) is 19.8 Å². The van der Waals surface area contributed by atoms with Gasteiger partial charge in [0.2, 0.25) is 0 Å². The largest absolute Gasteiger partial charge is 0.491 e. The second-order valence-electron chi connectivity index (χ2n) is 11.3. The summed E-state index contributed by atoms with van der Waals surface area (Å²) in [7, 11) is 0. The molecule has 7 heteroatoms. The lowest BCUT2D eigenvalue weighted by Crippen LogP contribution is -2.44. The monoisotopic (exact) mass is 531 g/mol. The van der Waals surface area contributed by atoms with Gasteiger partial charge >= 0.3 is 5.97 Å². The molecule has 0 fully saturated rings. The fourth-order valence-corrected chi connectivity index (χ4v) is 5.45. The van der Waals surface area contributed by atoms with Crippen LogP contribution in [0.1, 0.15) is 98.0 Å². The molecule has 1 heterocycles. The number of nitrogens with one attached hydrogen (secondary N) is 1. The normalized spacial score (nSPS) is 15.1. The molecular formula is C30H45NO5S. The third-order valence-electron chi connectivity index (χ3n) is 7.22. The number of aliphatic hydroxyl groups excluding tert-OH is 1. The number of carboxylic acid groups (broad SMARTS) is 1. The molecule has 0 aliphatic rings. The number of carbonyl (C=O) groups is 2. The second kappa shape index (κ2) is 13.4. The molecule has 4 unspecified atom stereocenters.